The average Bonchev–Trinajstić information content (AvgIpc) is 3.21. The smallest absolute Gasteiger partial charge is 0.175 e. The highest BCUT2D eigenvalue weighted by Gasteiger charge is 2.13. The van der Waals surface area contributed by atoms with Gasteiger partial charge in [-0.25, -0.2) is 4.39 Å². The highest BCUT2D eigenvalue weighted by atomic mass is 79.9. The first-order valence-corrected chi connectivity index (χ1v) is 11.5. The van der Waals surface area contributed by atoms with E-state index in [9.17, 15) is 4.39 Å². The maximum Gasteiger partial charge on any atom is 0.175 e. The average molecular weight is 497 g/mol. The Hall–Kier alpha value is -2.83. The van der Waals surface area contributed by atoms with E-state index in [-0.39, 0.29) is 5.82 Å². The van der Waals surface area contributed by atoms with E-state index < -0.39 is 0 Å². The normalized spacial score (nSPS) is 11.1. The number of benzene rings is 3. The van der Waals surface area contributed by atoms with Gasteiger partial charge in [0.1, 0.15) is 12.4 Å². The Morgan fingerprint density at radius 3 is 2.62 bits per heavy atom. The lowest BCUT2D eigenvalue weighted by molar-refractivity contribution is 0.267. The van der Waals surface area contributed by atoms with Crippen molar-refractivity contribution in [1.29, 1.82) is 0 Å². The SMILES string of the molecule is CCOc1cc(CNCCc2c[nH]c3ccccc23)cc(Br)c1OCc1ccc(F)cc1. The molecule has 166 valence electrons. The van der Waals surface area contributed by atoms with Gasteiger partial charge in [0.25, 0.3) is 0 Å². The van der Waals surface area contributed by atoms with Gasteiger partial charge < -0.3 is 19.8 Å². The minimum absolute atomic E-state index is 0.258. The third kappa shape index (κ3) is 5.50. The first kappa shape index (κ1) is 22.4. The molecule has 0 aliphatic carbocycles. The molecular weight excluding hydrogens is 471 g/mol. The minimum Gasteiger partial charge on any atom is -0.490 e. The summed E-state index contributed by atoms with van der Waals surface area (Å²) in [7, 11) is 0. The second kappa shape index (κ2) is 10.7. The van der Waals surface area contributed by atoms with Crippen molar-refractivity contribution < 1.29 is 13.9 Å². The summed E-state index contributed by atoms with van der Waals surface area (Å²) in [6.07, 6.45) is 3.03. The molecule has 0 bridgehead atoms. The number of rotatable bonds is 10. The largest absolute Gasteiger partial charge is 0.490 e. The Morgan fingerprint density at radius 1 is 1.00 bits per heavy atom. The molecule has 3 aromatic carbocycles. The van der Waals surface area contributed by atoms with Crippen LogP contribution < -0.4 is 14.8 Å². The Morgan fingerprint density at radius 2 is 1.81 bits per heavy atom. The molecule has 4 aromatic rings. The van der Waals surface area contributed by atoms with Gasteiger partial charge in [0.2, 0.25) is 0 Å². The van der Waals surface area contributed by atoms with Crippen LogP contribution >= 0.6 is 15.9 Å². The molecule has 0 saturated heterocycles. The van der Waals surface area contributed by atoms with E-state index in [0.717, 1.165) is 35.1 Å². The second-order valence-corrected chi connectivity index (χ2v) is 8.39. The van der Waals surface area contributed by atoms with Crippen LogP contribution in [-0.4, -0.2) is 18.1 Å². The van der Waals surface area contributed by atoms with E-state index in [2.05, 4.69) is 50.6 Å². The number of ether oxygens (including phenoxy) is 2. The standard InChI is InChI=1S/C26H26BrFN2O2/c1-2-31-25-14-19(13-23(27)26(25)32-17-18-7-9-21(28)10-8-18)15-29-12-11-20-16-30-24-6-4-3-5-22(20)24/h3-10,13-14,16,29-30H,2,11-12,15,17H2,1H3. The number of hydrogen-bond acceptors (Lipinski definition) is 3. The van der Waals surface area contributed by atoms with Crippen LogP contribution in [-0.2, 0) is 19.6 Å². The van der Waals surface area contributed by atoms with E-state index >= 15 is 0 Å². The van der Waals surface area contributed by atoms with Crippen LogP contribution in [0.3, 0.4) is 0 Å². The lowest BCUT2D eigenvalue weighted by Gasteiger charge is -2.16. The lowest BCUT2D eigenvalue weighted by atomic mass is 10.1. The molecule has 0 fully saturated rings. The van der Waals surface area contributed by atoms with Crippen molar-refractivity contribution in [2.45, 2.75) is 26.5 Å². The van der Waals surface area contributed by atoms with Gasteiger partial charge >= 0.3 is 0 Å². The molecule has 0 amide bonds. The number of para-hydroxylation sites is 1. The second-order valence-electron chi connectivity index (χ2n) is 7.54. The fraction of sp³-hybridized carbons (Fsp3) is 0.231. The third-order valence-corrected chi connectivity index (χ3v) is 5.83. The zero-order chi connectivity index (χ0) is 22.3. The Kier molecular flexibility index (Phi) is 7.45. The number of aromatic nitrogens is 1. The van der Waals surface area contributed by atoms with Crippen LogP contribution in [0.1, 0.15) is 23.6 Å². The van der Waals surface area contributed by atoms with Gasteiger partial charge in [0.05, 0.1) is 11.1 Å². The van der Waals surface area contributed by atoms with Crippen molar-refractivity contribution in [2.24, 2.45) is 0 Å². The molecule has 0 spiro atoms. The Labute approximate surface area is 195 Å². The molecule has 0 radical (unpaired) electrons. The summed E-state index contributed by atoms with van der Waals surface area (Å²) in [5, 5.41) is 4.79. The van der Waals surface area contributed by atoms with Gasteiger partial charge in [-0.3, -0.25) is 0 Å². The molecule has 0 unspecified atom stereocenters. The van der Waals surface area contributed by atoms with E-state index in [1.54, 1.807) is 12.1 Å². The molecule has 32 heavy (non-hydrogen) atoms. The van der Waals surface area contributed by atoms with Crippen LogP contribution in [0, 0.1) is 5.82 Å². The quantitative estimate of drug-likeness (QED) is 0.250. The summed E-state index contributed by atoms with van der Waals surface area (Å²) < 4.78 is 25.8. The van der Waals surface area contributed by atoms with Gasteiger partial charge in [-0.2, -0.15) is 0 Å². The molecule has 0 aliphatic rings. The minimum atomic E-state index is -0.258. The van der Waals surface area contributed by atoms with Crippen molar-refractivity contribution in [3.05, 3.63) is 93.8 Å². The summed E-state index contributed by atoms with van der Waals surface area (Å²) in [6, 6.07) is 18.7. The van der Waals surface area contributed by atoms with Crippen LogP contribution in [0.4, 0.5) is 4.39 Å². The Balaban J connectivity index is 1.37. The van der Waals surface area contributed by atoms with Gasteiger partial charge in [-0.05, 0) is 82.8 Å². The molecule has 1 aromatic heterocycles. The molecule has 0 atom stereocenters. The van der Waals surface area contributed by atoms with E-state index in [1.165, 1.54) is 28.6 Å². The van der Waals surface area contributed by atoms with Gasteiger partial charge in [-0.15, -0.1) is 0 Å². The van der Waals surface area contributed by atoms with Crippen molar-refractivity contribution in [1.82, 2.24) is 10.3 Å². The van der Waals surface area contributed by atoms with E-state index in [0.29, 0.717) is 24.7 Å². The van der Waals surface area contributed by atoms with Crippen LogP contribution in [0.15, 0.2) is 71.3 Å². The molecule has 6 heteroatoms. The lowest BCUT2D eigenvalue weighted by Crippen LogP contribution is -2.16. The molecule has 1 heterocycles. The summed E-state index contributed by atoms with van der Waals surface area (Å²) in [5.74, 6) is 1.09. The predicted octanol–water partition coefficient (Wildman–Crippen LogP) is 6.38. The molecular formula is C26H26BrFN2O2. The maximum absolute atomic E-state index is 13.1. The first-order valence-electron chi connectivity index (χ1n) is 10.7. The molecule has 2 N–H and O–H groups in total. The first-order chi connectivity index (χ1) is 15.6. The highest BCUT2D eigenvalue weighted by molar-refractivity contribution is 9.10. The van der Waals surface area contributed by atoms with Gasteiger partial charge in [0, 0.05) is 23.6 Å². The van der Waals surface area contributed by atoms with Gasteiger partial charge in [0.15, 0.2) is 11.5 Å². The molecule has 0 aliphatic heterocycles. The number of halogens is 2. The van der Waals surface area contributed by atoms with Crippen LogP contribution in [0.5, 0.6) is 11.5 Å². The zero-order valence-corrected chi connectivity index (χ0v) is 19.5. The number of hydrogen-bond donors (Lipinski definition) is 2. The number of fused-ring (bicyclic) bond motifs is 1. The molecule has 4 rings (SSSR count). The molecule has 4 nitrogen and oxygen atoms in total. The third-order valence-electron chi connectivity index (χ3n) is 5.24. The summed E-state index contributed by atoms with van der Waals surface area (Å²) in [6.45, 7) is 4.41. The number of nitrogens with one attached hydrogen (secondary N) is 2. The highest BCUT2D eigenvalue weighted by Crippen LogP contribution is 2.37. The van der Waals surface area contributed by atoms with Crippen molar-refractivity contribution >= 4 is 26.8 Å². The Bertz CT molecular complexity index is 1170. The fourth-order valence-corrected chi connectivity index (χ4v) is 4.26. The maximum atomic E-state index is 13.1. The van der Waals surface area contributed by atoms with Crippen LogP contribution in [0.25, 0.3) is 10.9 Å². The fourth-order valence-electron chi connectivity index (χ4n) is 3.66. The number of aromatic amines is 1. The van der Waals surface area contributed by atoms with E-state index in [1.807, 2.05) is 25.1 Å². The topological polar surface area (TPSA) is 46.3 Å². The predicted molar refractivity (Wildman–Crippen MR) is 130 cm³/mol. The van der Waals surface area contributed by atoms with Crippen molar-refractivity contribution in [3.8, 4) is 11.5 Å². The monoisotopic (exact) mass is 496 g/mol. The van der Waals surface area contributed by atoms with Gasteiger partial charge in [-0.1, -0.05) is 30.3 Å². The van der Waals surface area contributed by atoms with E-state index in [4.69, 9.17) is 9.47 Å². The molecule has 0 saturated carbocycles. The van der Waals surface area contributed by atoms with Crippen molar-refractivity contribution in [3.63, 3.8) is 0 Å². The van der Waals surface area contributed by atoms with Crippen molar-refractivity contribution in [2.75, 3.05) is 13.2 Å². The summed E-state index contributed by atoms with van der Waals surface area (Å²) in [5.41, 5.74) is 4.48. The number of H-pyrrole nitrogens is 1. The zero-order valence-electron chi connectivity index (χ0n) is 18.0. The summed E-state index contributed by atoms with van der Waals surface area (Å²) in [4.78, 5) is 3.33. The summed E-state index contributed by atoms with van der Waals surface area (Å²) >= 11 is 3.62. The van der Waals surface area contributed by atoms with Crippen LogP contribution in [0.2, 0.25) is 0 Å².